The number of nitrogens with zero attached hydrogens (tertiary/aromatic N) is 2. The molecule has 0 aliphatic carbocycles. The molecule has 0 unspecified atom stereocenters. The van der Waals surface area contributed by atoms with Crippen LogP contribution in [0.1, 0.15) is 18.1 Å². The summed E-state index contributed by atoms with van der Waals surface area (Å²) >= 11 is 7.87. The van der Waals surface area contributed by atoms with Crippen LogP contribution in [0, 0.1) is 0 Å². The summed E-state index contributed by atoms with van der Waals surface area (Å²) in [6.45, 7) is 5.97. The van der Waals surface area contributed by atoms with Crippen LogP contribution in [0.5, 0.6) is 0 Å². The summed E-state index contributed by atoms with van der Waals surface area (Å²) in [4.78, 5) is 6.92. The molecule has 0 atom stereocenters. The molecule has 4 heteroatoms. The van der Waals surface area contributed by atoms with Gasteiger partial charge in [-0.3, -0.25) is 0 Å². The molecule has 4 aromatic carbocycles. The molecule has 0 fully saturated rings. The number of hydrogen-bond donors (Lipinski definition) is 0. The van der Waals surface area contributed by atoms with E-state index in [1.807, 2.05) is 6.07 Å². The monoisotopic (exact) mass is 476 g/mol. The van der Waals surface area contributed by atoms with Gasteiger partial charge in [-0.25, -0.2) is 4.99 Å². The lowest BCUT2D eigenvalue weighted by molar-refractivity contribution is 1.18. The molecule has 0 saturated carbocycles. The Bertz CT molecular complexity index is 1660. The van der Waals surface area contributed by atoms with Crippen LogP contribution in [0.2, 0.25) is 0 Å². The van der Waals surface area contributed by atoms with E-state index in [1.54, 1.807) is 11.8 Å². The average molecular weight is 477 g/mol. The van der Waals surface area contributed by atoms with Crippen LogP contribution < -0.4 is 0 Å². The van der Waals surface area contributed by atoms with E-state index in [1.165, 1.54) is 37.8 Å². The molecule has 6 rings (SSSR count). The largest absolute Gasteiger partial charge is 0.309 e. The van der Waals surface area contributed by atoms with Crippen molar-refractivity contribution in [1.29, 1.82) is 0 Å². The maximum atomic E-state index is 6.13. The fraction of sp³-hybridized carbons (Fsp3) is 0.0333. The van der Waals surface area contributed by atoms with Crippen molar-refractivity contribution in [2.24, 2.45) is 4.99 Å². The smallest absolute Gasteiger partial charge is 0.122 e. The quantitative estimate of drug-likeness (QED) is 0.238. The van der Waals surface area contributed by atoms with Gasteiger partial charge in [0.15, 0.2) is 0 Å². The van der Waals surface area contributed by atoms with Crippen molar-refractivity contribution in [3.8, 4) is 5.69 Å². The molecule has 1 aromatic heterocycles. The van der Waals surface area contributed by atoms with Crippen LogP contribution in [0.3, 0.4) is 0 Å². The van der Waals surface area contributed by atoms with E-state index in [-0.39, 0.29) is 0 Å². The third kappa shape index (κ3) is 3.40. The van der Waals surface area contributed by atoms with E-state index in [2.05, 4.69) is 114 Å². The molecule has 1 aliphatic rings. The summed E-state index contributed by atoms with van der Waals surface area (Å²) in [6, 6.07) is 34.2. The van der Waals surface area contributed by atoms with Crippen molar-refractivity contribution in [1.82, 2.24) is 4.57 Å². The lowest BCUT2D eigenvalue weighted by Crippen LogP contribution is -1.99. The van der Waals surface area contributed by atoms with E-state index in [0.29, 0.717) is 5.16 Å². The zero-order chi connectivity index (χ0) is 23.2. The molecule has 0 radical (unpaired) electrons. The standard InChI is InChI=1S/C30H21ClN2S/c1-19(30-29(32-20(2)31)24-13-7-9-15-28(24)34-30)21-16-17-27-25(18-21)23-12-6-8-14-26(23)33(27)22-10-4-3-5-11-22/h3-18H,2H2,1H3/b30-19-,32-29-. The van der Waals surface area contributed by atoms with Gasteiger partial charge in [0.25, 0.3) is 0 Å². The van der Waals surface area contributed by atoms with Gasteiger partial charge in [-0.2, -0.15) is 0 Å². The number of halogens is 1. The van der Waals surface area contributed by atoms with Gasteiger partial charge in [-0.1, -0.05) is 90.6 Å². The molecule has 0 N–H and O–H groups in total. The van der Waals surface area contributed by atoms with Crippen LogP contribution in [0.4, 0.5) is 0 Å². The first-order valence-corrected chi connectivity index (χ1v) is 12.3. The maximum Gasteiger partial charge on any atom is 0.122 e. The third-order valence-electron chi connectivity index (χ3n) is 6.26. The highest BCUT2D eigenvalue weighted by atomic mass is 35.5. The Morgan fingerprint density at radius 2 is 1.53 bits per heavy atom. The first kappa shape index (κ1) is 21.0. The van der Waals surface area contributed by atoms with Gasteiger partial charge in [0.05, 0.1) is 16.7 Å². The van der Waals surface area contributed by atoms with E-state index >= 15 is 0 Å². The lowest BCUT2D eigenvalue weighted by atomic mass is 10.0. The number of para-hydroxylation sites is 2. The molecular weight excluding hydrogens is 456 g/mol. The number of allylic oxidation sites excluding steroid dienone is 2. The topological polar surface area (TPSA) is 17.3 Å². The van der Waals surface area contributed by atoms with Crippen LogP contribution >= 0.6 is 23.4 Å². The van der Waals surface area contributed by atoms with Crippen molar-refractivity contribution < 1.29 is 0 Å². The number of hydrogen-bond acceptors (Lipinski definition) is 2. The normalized spacial score (nSPS) is 15.8. The summed E-state index contributed by atoms with van der Waals surface area (Å²) in [6.07, 6.45) is 0. The van der Waals surface area contributed by atoms with Gasteiger partial charge in [0, 0.05) is 31.8 Å². The van der Waals surface area contributed by atoms with Crippen LogP contribution in [-0.4, -0.2) is 10.3 Å². The molecule has 34 heavy (non-hydrogen) atoms. The highest BCUT2D eigenvalue weighted by molar-refractivity contribution is 8.05. The molecule has 0 amide bonds. The number of benzene rings is 4. The van der Waals surface area contributed by atoms with Crippen LogP contribution in [0.25, 0.3) is 33.1 Å². The highest BCUT2D eigenvalue weighted by Gasteiger charge is 2.26. The Morgan fingerprint density at radius 1 is 0.824 bits per heavy atom. The number of aliphatic imine (C=N–C) groups is 1. The van der Waals surface area contributed by atoms with Crippen LogP contribution in [0.15, 0.2) is 124 Å². The Labute approximate surface area is 207 Å². The van der Waals surface area contributed by atoms with E-state index in [0.717, 1.165) is 21.9 Å². The number of thioether (sulfide) groups is 1. The summed E-state index contributed by atoms with van der Waals surface area (Å²) in [7, 11) is 0. The first-order chi connectivity index (χ1) is 16.6. The fourth-order valence-corrected chi connectivity index (χ4v) is 5.96. The van der Waals surface area contributed by atoms with Gasteiger partial charge >= 0.3 is 0 Å². The second-order valence-electron chi connectivity index (χ2n) is 8.31. The zero-order valence-corrected chi connectivity index (χ0v) is 20.2. The van der Waals surface area contributed by atoms with Gasteiger partial charge in [0.1, 0.15) is 5.16 Å². The van der Waals surface area contributed by atoms with E-state index in [9.17, 15) is 0 Å². The summed E-state index contributed by atoms with van der Waals surface area (Å²) in [5, 5.41) is 2.77. The SMILES string of the molecule is C=C(Cl)/N=C1\C(=C(/C)c2ccc3c(c2)c2ccccc2n3-c2ccccc2)Sc2ccccc21. The maximum absolute atomic E-state index is 6.13. The summed E-state index contributed by atoms with van der Waals surface area (Å²) in [5.41, 5.74) is 7.90. The second-order valence-corrected chi connectivity index (χ2v) is 9.80. The Balaban J connectivity index is 1.58. The van der Waals surface area contributed by atoms with Crippen molar-refractivity contribution in [2.75, 3.05) is 0 Å². The third-order valence-corrected chi connectivity index (χ3v) is 7.63. The molecule has 2 heterocycles. The minimum atomic E-state index is 0.291. The molecule has 1 aliphatic heterocycles. The molecular formula is C30H21ClN2S. The number of rotatable bonds is 3. The fourth-order valence-electron chi connectivity index (χ4n) is 4.71. The van der Waals surface area contributed by atoms with Gasteiger partial charge < -0.3 is 4.57 Å². The lowest BCUT2D eigenvalue weighted by Gasteiger charge is -2.10. The zero-order valence-electron chi connectivity index (χ0n) is 18.6. The number of aromatic nitrogens is 1. The molecule has 0 bridgehead atoms. The predicted octanol–water partition coefficient (Wildman–Crippen LogP) is 8.82. The molecule has 0 saturated heterocycles. The molecule has 5 aromatic rings. The van der Waals surface area contributed by atoms with Crippen molar-refractivity contribution in [3.63, 3.8) is 0 Å². The Kier molecular flexibility index (Phi) is 5.17. The Morgan fingerprint density at radius 3 is 2.35 bits per heavy atom. The van der Waals surface area contributed by atoms with Gasteiger partial charge in [-0.05, 0) is 54.5 Å². The first-order valence-electron chi connectivity index (χ1n) is 11.1. The predicted molar refractivity (Wildman–Crippen MR) is 147 cm³/mol. The highest BCUT2D eigenvalue weighted by Crippen LogP contribution is 2.45. The van der Waals surface area contributed by atoms with Crippen molar-refractivity contribution >= 4 is 56.5 Å². The molecule has 2 nitrogen and oxygen atoms in total. The summed E-state index contributed by atoms with van der Waals surface area (Å²) in [5.74, 6) is 0. The van der Waals surface area contributed by atoms with E-state index < -0.39 is 0 Å². The van der Waals surface area contributed by atoms with Gasteiger partial charge in [0.2, 0.25) is 0 Å². The van der Waals surface area contributed by atoms with E-state index in [4.69, 9.17) is 11.6 Å². The minimum absolute atomic E-state index is 0.291. The average Bonchev–Trinajstić information content (AvgIpc) is 3.39. The van der Waals surface area contributed by atoms with Crippen molar-refractivity contribution in [3.05, 3.63) is 125 Å². The minimum Gasteiger partial charge on any atom is -0.309 e. The molecule has 0 spiro atoms. The second kappa shape index (κ2) is 8.35. The number of fused-ring (bicyclic) bond motifs is 4. The molecule has 164 valence electrons. The Hall–Kier alpha value is -3.53. The summed E-state index contributed by atoms with van der Waals surface area (Å²) < 4.78 is 2.33. The van der Waals surface area contributed by atoms with Gasteiger partial charge in [-0.15, -0.1) is 0 Å². The van der Waals surface area contributed by atoms with Crippen molar-refractivity contribution in [2.45, 2.75) is 11.8 Å². The van der Waals surface area contributed by atoms with Crippen LogP contribution in [-0.2, 0) is 0 Å².